The first-order valence-electron chi connectivity index (χ1n) is 5.45. The lowest BCUT2D eigenvalue weighted by molar-refractivity contribution is 0.560. The van der Waals surface area contributed by atoms with Crippen LogP contribution < -0.4 is 5.73 Å². The lowest BCUT2D eigenvalue weighted by atomic mass is 10.1. The Labute approximate surface area is 99.6 Å². The molecule has 0 aliphatic carbocycles. The summed E-state index contributed by atoms with van der Waals surface area (Å²) in [4.78, 5) is 0. The Morgan fingerprint density at radius 2 is 2.00 bits per heavy atom. The molecular formula is C14H14FNO. The van der Waals surface area contributed by atoms with Crippen molar-refractivity contribution in [1.82, 2.24) is 0 Å². The number of halogens is 1. The molecule has 2 N–H and O–H groups in total. The van der Waals surface area contributed by atoms with Crippen LogP contribution in [-0.4, -0.2) is 6.04 Å². The molecule has 0 bridgehead atoms. The Bertz CT molecular complexity index is 529. The highest BCUT2D eigenvalue weighted by molar-refractivity contribution is 5.60. The van der Waals surface area contributed by atoms with Crippen molar-refractivity contribution in [3.05, 3.63) is 54.1 Å². The maximum Gasteiger partial charge on any atom is 0.137 e. The highest BCUT2D eigenvalue weighted by Crippen LogP contribution is 2.25. The molecule has 0 aliphatic rings. The number of nitrogens with two attached hydrogens (primary N) is 1. The molecular weight excluding hydrogens is 217 g/mol. The first-order valence-corrected chi connectivity index (χ1v) is 5.45. The van der Waals surface area contributed by atoms with E-state index in [0.29, 0.717) is 17.1 Å². The molecule has 0 fully saturated rings. The summed E-state index contributed by atoms with van der Waals surface area (Å²) in [7, 11) is 0. The van der Waals surface area contributed by atoms with Crippen LogP contribution >= 0.6 is 0 Å². The zero-order valence-electron chi connectivity index (χ0n) is 9.56. The average molecular weight is 231 g/mol. The topological polar surface area (TPSA) is 39.2 Å². The second kappa shape index (κ2) is 4.97. The van der Waals surface area contributed by atoms with Gasteiger partial charge >= 0.3 is 0 Å². The monoisotopic (exact) mass is 231 g/mol. The van der Waals surface area contributed by atoms with Crippen LogP contribution in [0.3, 0.4) is 0 Å². The molecule has 0 saturated heterocycles. The Kier molecular flexibility index (Phi) is 3.40. The van der Waals surface area contributed by atoms with E-state index < -0.39 is 0 Å². The molecule has 0 spiro atoms. The summed E-state index contributed by atoms with van der Waals surface area (Å²) in [5, 5.41) is 0. The van der Waals surface area contributed by atoms with Crippen molar-refractivity contribution in [3.63, 3.8) is 0 Å². The van der Waals surface area contributed by atoms with E-state index >= 15 is 0 Å². The third-order valence-electron chi connectivity index (χ3n) is 2.33. The van der Waals surface area contributed by atoms with Gasteiger partial charge in [-0.25, -0.2) is 4.39 Å². The van der Waals surface area contributed by atoms with Gasteiger partial charge in [0.05, 0.1) is 5.56 Å². The summed E-state index contributed by atoms with van der Waals surface area (Å²) < 4.78 is 19.0. The summed E-state index contributed by atoms with van der Waals surface area (Å²) in [5.41, 5.74) is 6.06. The average Bonchev–Trinajstić information content (AvgIpc) is 2.75. The van der Waals surface area contributed by atoms with Crippen LogP contribution in [0.15, 0.2) is 46.9 Å². The van der Waals surface area contributed by atoms with Crippen molar-refractivity contribution in [1.29, 1.82) is 0 Å². The summed E-state index contributed by atoms with van der Waals surface area (Å²) in [5.74, 6) is 0.901. The highest BCUT2D eigenvalue weighted by Gasteiger charge is 2.07. The maximum atomic E-state index is 13.5. The third kappa shape index (κ3) is 2.82. The molecule has 2 aromatic rings. The zero-order valence-corrected chi connectivity index (χ0v) is 9.56. The molecule has 17 heavy (non-hydrogen) atoms. The van der Waals surface area contributed by atoms with Gasteiger partial charge in [0.15, 0.2) is 0 Å². The fourth-order valence-corrected chi connectivity index (χ4v) is 1.49. The summed E-state index contributed by atoms with van der Waals surface area (Å²) in [6.45, 7) is 1.87. The maximum absolute atomic E-state index is 13.5. The van der Waals surface area contributed by atoms with Crippen LogP contribution in [0.1, 0.15) is 12.7 Å². The van der Waals surface area contributed by atoms with Gasteiger partial charge in [0, 0.05) is 6.04 Å². The smallest absolute Gasteiger partial charge is 0.137 e. The quantitative estimate of drug-likeness (QED) is 0.878. The number of benzene rings is 1. The van der Waals surface area contributed by atoms with Gasteiger partial charge in [-0.1, -0.05) is 18.2 Å². The Balaban J connectivity index is 2.27. The largest absolute Gasteiger partial charge is 0.457 e. The van der Waals surface area contributed by atoms with Gasteiger partial charge in [-0.15, -0.1) is 0 Å². The normalized spacial score (nSPS) is 13.1. The lowest BCUT2D eigenvalue weighted by Crippen LogP contribution is -2.09. The summed E-state index contributed by atoms with van der Waals surface area (Å²) in [6, 6.07) is 10.0. The van der Waals surface area contributed by atoms with Gasteiger partial charge in [0.25, 0.3) is 0 Å². The minimum absolute atomic E-state index is 0.0305. The van der Waals surface area contributed by atoms with Crippen molar-refractivity contribution < 1.29 is 8.81 Å². The van der Waals surface area contributed by atoms with E-state index in [1.807, 2.05) is 13.0 Å². The standard InChI is InChI=1S/C14H14FNO/c1-10(16)6-7-11-8-9-14(17-11)12-4-2-3-5-13(12)15/h2-10H,16H2,1H3/b7-6+. The second-order valence-corrected chi connectivity index (χ2v) is 3.90. The van der Waals surface area contributed by atoms with Gasteiger partial charge in [0.2, 0.25) is 0 Å². The van der Waals surface area contributed by atoms with Crippen LogP contribution in [0, 0.1) is 5.82 Å². The van der Waals surface area contributed by atoms with Crippen molar-refractivity contribution >= 4 is 6.08 Å². The molecule has 1 aromatic carbocycles. The van der Waals surface area contributed by atoms with Crippen LogP contribution in [0.4, 0.5) is 4.39 Å². The molecule has 0 saturated carbocycles. The highest BCUT2D eigenvalue weighted by atomic mass is 19.1. The van der Waals surface area contributed by atoms with E-state index in [9.17, 15) is 4.39 Å². The molecule has 88 valence electrons. The number of hydrogen-bond donors (Lipinski definition) is 1. The molecule has 1 aromatic heterocycles. The van der Waals surface area contributed by atoms with Crippen molar-refractivity contribution in [3.8, 4) is 11.3 Å². The Morgan fingerprint density at radius 1 is 1.24 bits per heavy atom. The molecule has 3 heteroatoms. The van der Waals surface area contributed by atoms with Crippen LogP contribution in [0.5, 0.6) is 0 Å². The minimum atomic E-state index is -0.287. The van der Waals surface area contributed by atoms with E-state index in [-0.39, 0.29) is 11.9 Å². The first-order chi connectivity index (χ1) is 8.16. The number of hydrogen-bond acceptors (Lipinski definition) is 2. The molecule has 0 radical (unpaired) electrons. The molecule has 0 amide bonds. The van der Waals surface area contributed by atoms with Crippen molar-refractivity contribution in [2.75, 3.05) is 0 Å². The summed E-state index contributed by atoms with van der Waals surface area (Å²) >= 11 is 0. The Hall–Kier alpha value is -1.87. The van der Waals surface area contributed by atoms with Crippen LogP contribution in [0.2, 0.25) is 0 Å². The third-order valence-corrected chi connectivity index (χ3v) is 2.33. The molecule has 1 unspecified atom stereocenters. The van der Waals surface area contributed by atoms with E-state index in [2.05, 4.69) is 0 Å². The predicted molar refractivity (Wildman–Crippen MR) is 66.8 cm³/mol. The summed E-state index contributed by atoms with van der Waals surface area (Å²) in [6.07, 6.45) is 3.61. The fourth-order valence-electron chi connectivity index (χ4n) is 1.49. The predicted octanol–water partition coefficient (Wildman–Crippen LogP) is 3.45. The van der Waals surface area contributed by atoms with Gasteiger partial charge in [0.1, 0.15) is 17.3 Å². The molecule has 1 atom stereocenters. The zero-order chi connectivity index (χ0) is 12.3. The van der Waals surface area contributed by atoms with Crippen LogP contribution in [-0.2, 0) is 0 Å². The van der Waals surface area contributed by atoms with E-state index in [1.165, 1.54) is 6.07 Å². The lowest BCUT2D eigenvalue weighted by Gasteiger charge is -1.98. The molecule has 1 heterocycles. The van der Waals surface area contributed by atoms with Gasteiger partial charge in [-0.05, 0) is 37.3 Å². The molecule has 2 nitrogen and oxygen atoms in total. The van der Waals surface area contributed by atoms with E-state index in [1.54, 1.807) is 36.4 Å². The van der Waals surface area contributed by atoms with Gasteiger partial charge in [-0.3, -0.25) is 0 Å². The van der Waals surface area contributed by atoms with Crippen LogP contribution in [0.25, 0.3) is 17.4 Å². The number of furan rings is 1. The molecule has 2 rings (SSSR count). The minimum Gasteiger partial charge on any atom is -0.457 e. The second-order valence-electron chi connectivity index (χ2n) is 3.90. The van der Waals surface area contributed by atoms with Gasteiger partial charge in [-0.2, -0.15) is 0 Å². The molecule has 0 aliphatic heterocycles. The Morgan fingerprint density at radius 3 is 2.71 bits per heavy atom. The van der Waals surface area contributed by atoms with E-state index in [0.717, 1.165) is 0 Å². The first kappa shape index (κ1) is 11.6. The fraction of sp³-hybridized carbons (Fsp3) is 0.143. The van der Waals surface area contributed by atoms with Crippen molar-refractivity contribution in [2.45, 2.75) is 13.0 Å². The van der Waals surface area contributed by atoms with E-state index in [4.69, 9.17) is 10.2 Å². The SMILES string of the molecule is CC(N)/C=C/c1ccc(-c2ccccc2F)o1. The van der Waals surface area contributed by atoms with Crippen molar-refractivity contribution in [2.24, 2.45) is 5.73 Å². The number of rotatable bonds is 3. The van der Waals surface area contributed by atoms with Gasteiger partial charge < -0.3 is 10.2 Å².